The zero-order valence-electron chi connectivity index (χ0n) is 8.75. The van der Waals surface area contributed by atoms with Gasteiger partial charge >= 0.3 is 0 Å². The van der Waals surface area contributed by atoms with Gasteiger partial charge in [-0.05, 0) is 42.7 Å². The van der Waals surface area contributed by atoms with E-state index < -0.39 is 0 Å². The van der Waals surface area contributed by atoms with Gasteiger partial charge in [-0.2, -0.15) is 17.0 Å². The molecule has 0 aromatic heterocycles. The average Bonchev–Trinajstić information content (AvgIpc) is 2.96. The molecule has 0 bridgehead atoms. The molecule has 3 heteroatoms. The summed E-state index contributed by atoms with van der Waals surface area (Å²) in [6.07, 6.45) is 3.21. The van der Waals surface area contributed by atoms with E-state index in [0.29, 0.717) is 11.2 Å². The number of nitriles is 1. The molecule has 0 N–H and O–H groups in total. The Morgan fingerprint density at radius 3 is 2.73 bits per heavy atom. The fraction of sp³-hybridized carbons (Fsp3) is 0.417. The molecular formula is C12H12FNS. The lowest BCUT2D eigenvalue weighted by Gasteiger charge is -2.04. The molecule has 1 aromatic rings. The normalized spacial score (nSPS) is 23.6. The number of hydrogen-bond acceptors (Lipinski definition) is 2. The maximum atomic E-state index is 13.5. The number of benzene rings is 1. The van der Waals surface area contributed by atoms with E-state index in [-0.39, 0.29) is 11.4 Å². The second-order valence-electron chi connectivity index (χ2n) is 3.92. The first kappa shape index (κ1) is 10.5. The van der Waals surface area contributed by atoms with Crippen molar-refractivity contribution in [3.63, 3.8) is 0 Å². The molecule has 0 heterocycles. The first-order chi connectivity index (χ1) is 7.17. The summed E-state index contributed by atoms with van der Waals surface area (Å²) in [6, 6.07) is 5.36. The highest BCUT2D eigenvalue weighted by Gasteiger charge is 2.38. The molecule has 1 nitrogen and oxygen atoms in total. The Morgan fingerprint density at radius 2 is 2.27 bits per heavy atom. The standard InChI is InChI=1S/C12H12FNS/c1-7-3-8(9-5-12(9)15-2)4-11(13)10(7)6-14/h3-4,9,12H,5H2,1-2H3/t9-,12+/m1/s1. The SMILES string of the molecule is CS[C@H]1C[C@@H]1c1cc(C)c(C#N)c(F)c1. The molecule has 15 heavy (non-hydrogen) atoms. The summed E-state index contributed by atoms with van der Waals surface area (Å²) in [6.45, 7) is 1.79. The topological polar surface area (TPSA) is 23.8 Å². The van der Waals surface area contributed by atoms with Crippen molar-refractivity contribution >= 4 is 11.8 Å². The van der Waals surface area contributed by atoms with Gasteiger partial charge in [0, 0.05) is 5.25 Å². The minimum absolute atomic E-state index is 0.181. The number of aryl methyl sites for hydroxylation is 1. The first-order valence-corrected chi connectivity index (χ1v) is 6.19. The summed E-state index contributed by atoms with van der Waals surface area (Å²) < 4.78 is 13.5. The lowest BCUT2D eigenvalue weighted by Crippen LogP contribution is -1.93. The zero-order valence-corrected chi connectivity index (χ0v) is 9.57. The van der Waals surface area contributed by atoms with Crippen molar-refractivity contribution < 1.29 is 4.39 Å². The molecule has 0 aliphatic heterocycles. The van der Waals surface area contributed by atoms with Gasteiger partial charge in [0.05, 0.1) is 5.56 Å². The molecule has 0 unspecified atom stereocenters. The highest BCUT2D eigenvalue weighted by atomic mass is 32.2. The van der Waals surface area contributed by atoms with Gasteiger partial charge in [-0.1, -0.05) is 6.07 Å². The van der Waals surface area contributed by atoms with Crippen LogP contribution in [0.25, 0.3) is 0 Å². The summed E-state index contributed by atoms with van der Waals surface area (Å²) in [5.41, 5.74) is 1.97. The van der Waals surface area contributed by atoms with Crippen molar-refractivity contribution in [2.45, 2.75) is 24.5 Å². The Balaban J connectivity index is 2.33. The van der Waals surface area contributed by atoms with Crippen molar-refractivity contribution in [3.05, 3.63) is 34.6 Å². The number of halogens is 1. The van der Waals surface area contributed by atoms with Crippen LogP contribution in [-0.4, -0.2) is 11.5 Å². The first-order valence-electron chi connectivity index (χ1n) is 4.90. The van der Waals surface area contributed by atoms with E-state index in [1.165, 1.54) is 6.07 Å². The van der Waals surface area contributed by atoms with Crippen LogP contribution in [0.5, 0.6) is 0 Å². The molecule has 1 aliphatic rings. The van der Waals surface area contributed by atoms with Crippen LogP contribution in [0.3, 0.4) is 0 Å². The summed E-state index contributed by atoms with van der Waals surface area (Å²) in [5, 5.41) is 9.38. The number of hydrogen-bond donors (Lipinski definition) is 0. The van der Waals surface area contributed by atoms with Gasteiger partial charge in [-0.25, -0.2) is 4.39 Å². The van der Waals surface area contributed by atoms with E-state index in [4.69, 9.17) is 5.26 Å². The summed E-state index contributed by atoms with van der Waals surface area (Å²) in [7, 11) is 0. The lowest BCUT2D eigenvalue weighted by molar-refractivity contribution is 0.620. The summed E-state index contributed by atoms with van der Waals surface area (Å²) in [5.74, 6) is 0.111. The molecule has 1 saturated carbocycles. The molecule has 0 amide bonds. The number of rotatable bonds is 2. The van der Waals surface area contributed by atoms with E-state index in [1.807, 2.05) is 23.9 Å². The Bertz CT molecular complexity index is 413. The number of thioether (sulfide) groups is 1. The molecule has 0 radical (unpaired) electrons. The van der Waals surface area contributed by atoms with Gasteiger partial charge in [-0.3, -0.25) is 0 Å². The predicted octanol–water partition coefficient (Wildman–Crippen LogP) is 3.22. The van der Waals surface area contributed by atoms with Crippen molar-refractivity contribution in [2.24, 2.45) is 0 Å². The van der Waals surface area contributed by atoms with Crippen LogP contribution in [0.4, 0.5) is 4.39 Å². The molecule has 1 aliphatic carbocycles. The third kappa shape index (κ3) is 1.87. The van der Waals surface area contributed by atoms with E-state index in [0.717, 1.165) is 17.5 Å². The Hall–Kier alpha value is -1.01. The molecule has 0 saturated heterocycles. The maximum Gasteiger partial charge on any atom is 0.141 e. The fourth-order valence-electron chi connectivity index (χ4n) is 1.91. The third-order valence-corrected chi connectivity index (χ3v) is 4.01. The molecule has 0 spiro atoms. The van der Waals surface area contributed by atoms with Gasteiger partial charge in [0.15, 0.2) is 0 Å². The van der Waals surface area contributed by atoms with E-state index in [2.05, 4.69) is 6.26 Å². The molecule has 1 aromatic carbocycles. The zero-order chi connectivity index (χ0) is 11.0. The van der Waals surface area contributed by atoms with Crippen LogP contribution in [0, 0.1) is 24.1 Å². The van der Waals surface area contributed by atoms with Crippen molar-refractivity contribution in [1.29, 1.82) is 5.26 Å². The van der Waals surface area contributed by atoms with E-state index >= 15 is 0 Å². The largest absolute Gasteiger partial charge is 0.206 e. The monoisotopic (exact) mass is 221 g/mol. The van der Waals surface area contributed by atoms with Crippen LogP contribution in [-0.2, 0) is 0 Å². The van der Waals surface area contributed by atoms with Crippen molar-refractivity contribution in [1.82, 2.24) is 0 Å². The second-order valence-corrected chi connectivity index (χ2v) is 5.00. The summed E-state index contributed by atoms with van der Waals surface area (Å²) >= 11 is 1.83. The van der Waals surface area contributed by atoms with Gasteiger partial charge in [0.1, 0.15) is 11.9 Å². The van der Waals surface area contributed by atoms with Gasteiger partial charge in [-0.15, -0.1) is 0 Å². The summed E-state index contributed by atoms with van der Waals surface area (Å²) in [4.78, 5) is 0. The smallest absolute Gasteiger partial charge is 0.141 e. The molecule has 1 fully saturated rings. The Labute approximate surface area is 93.3 Å². The number of nitrogens with zero attached hydrogens (tertiary/aromatic N) is 1. The predicted molar refractivity (Wildman–Crippen MR) is 60.5 cm³/mol. The molecular weight excluding hydrogens is 209 g/mol. The fourth-order valence-corrected chi connectivity index (χ4v) is 2.79. The Kier molecular flexibility index (Phi) is 2.70. The quantitative estimate of drug-likeness (QED) is 0.765. The molecule has 78 valence electrons. The minimum Gasteiger partial charge on any atom is -0.206 e. The highest BCUT2D eigenvalue weighted by molar-refractivity contribution is 7.99. The van der Waals surface area contributed by atoms with Crippen LogP contribution in [0.1, 0.15) is 29.0 Å². The van der Waals surface area contributed by atoms with Gasteiger partial charge < -0.3 is 0 Å². The van der Waals surface area contributed by atoms with Crippen LogP contribution in [0.2, 0.25) is 0 Å². The average molecular weight is 221 g/mol. The van der Waals surface area contributed by atoms with Crippen molar-refractivity contribution in [3.8, 4) is 6.07 Å². The highest BCUT2D eigenvalue weighted by Crippen LogP contribution is 2.48. The second kappa shape index (κ2) is 3.86. The van der Waals surface area contributed by atoms with Gasteiger partial charge in [0.25, 0.3) is 0 Å². The lowest BCUT2D eigenvalue weighted by atomic mass is 10.0. The minimum atomic E-state index is -0.376. The Morgan fingerprint density at radius 1 is 1.53 bits per heavy atom. The van der Waals surface area contributed by atoms with Crippen LogP contribution in [0.15, 0.2) is 12.1 Å². The van der Waals surface area contributed by atoms with Crippen molar-refractivity contribution in [2.75, 3.05) is 6.26 Å². The molecule has 2 atom stereocenters. The van der Waals surface area contributed by atoms with E-state index in [9.17, 15) is 4.39 Å². The van der Waals surface area contributed by atoms with Crippen LogP contribution >= 0.6 is 11.8 Å². The van der Waals surface area contributed by atoms with Crippen LogP contribution < -0.4 is 0 Å². The molecule has 2 rings (SSSR count). The maximum absolute atomic E-state index is 13.5. The third-order valence-electron chi connectivity index (χ3n) is 2.88. The van der Waals surface area contributed by atoms with E-state index in [1.54, 1.807) is 6.92 Å². The van der Waals surface area contributed by atoms with Gasteiger partial charge in [0.2, 0.25) is 0 Å².